The van der Waals surface area contributed by atoms with Gasteiger partial charge >= 0.3 is 8.80 Å². The molecule has 6 nitrogen and oxygen atoms in total. The van der Waals surface area contributed by atoms with Crippen LogP contribution < -0.4 is 4.72 Å². The number of benzene rings is 1. The Morgan fingerprint density at radius 3 is 2.05 bits per heavy atom. The van der Waals surface area contributed by atoms with E-state index in [9.17, 15) is 8.42 Å². The van der Waals surface area contributed by atoms with Gasteiger partial charge in [0.05, 0.1) is 4.90 Å². The smallest absolute Gasteiger partial charge is 0.377 e. The molecule has 0 aliphatic rings. The first-order chi connectivity index (χ1) is 8.99. The molecule has 0 amide bonds. The van der Waals surface area contributed by atoms with Crippen molar-refractivity contribution in [3.8, 4) is 0 Å². The van der Waals surface area contributed by atoms with E-state index < -0.39 is 18.8 Å². The van der Waals surface area contributed by atoms with Gasteiger partial charge in [0.25, 0.3) is 0 Å². The molecule has 0 bridgehead atoms. The number of rotatable bonds is 8. The predicted octanol–water partition coefficient (Wildman–Crippen LogP) is 0.843. The van der Waals surface area contributed by atoms with Crippen molar-refractivity contribution >= 4 is 18.8 Å². The second kappa shape index (κ2) is 7.13. The summed E-state index contributed by atoms with van der Waals surface area (Å²) in [5.74, 6) is 0. The lowest BCUT2D eigenvalue weighted by Crippen LogP contribution is -2.45. The van der Waals surface area contributed by atoms with Crippen molar-refractivity contribution in [1.82, 2.24) is 4.72 Å². The Morgan fingerprint density at radius 2 is 1.58 bits per heavy atom. The molecule has 0 unspecified atom stereocenters. The van der Waals surface area contributed by atoms with Gasteiger partial charge in [-0.1, -0.05) is 18.2 Å². The molecule has 0 heterocycles. The minimum Gasteiger partial charge on any atom is -0.377 e. The summed E-state index contributed by atoms with van der Waals surface area (Å²) in [6.07, 6.45) is 0. The summed E-state index contributed by atoms with van der Waals surface area (Å²) in [6.45, 7) is 0.193. The molecule has 1 aromatic rings. The van der Waals surface area contributed by atoms with Crippen LogP contribution in [0.1, 0.15) is 0 Å². The van der Waals surface area contributed by atoms with Crippen molar-refractivity contribution in [3.05, 3.63) is 30.3 Å². The largest absolute Gasteiger partial charge is 0.501 e. The molecule has 0 radical (unpaired) electrons. The number of nitrogens with one attached hydrogen (secondary N) is 1. The Hall–Kier alpha value is -0.773. The molecule has 0 atom stereocenters. The second-order valence-electron chi connectivity index (χ2n) is 3.76. The lowest BCUT2D eigenvalue weighted by atomic mass is 10.4. The highest BCUT2D eigenvalue weighted by molar-refractivity contribution is 7.89. The van der Waals surface area contributed by atoms with Crippen molar-refractivity contribution in [3.63, 3.8) is 0 Å². The van der Waals surface area contributed by atoms with Crippen LogP contribution in [0, 0.1) is 0 Å². The number of hydrogen-bond acceptors (Lipinski definition) is 5. The van der Waals surface area contributed by atoms with Crippen molar-refractivity contribution in [1.29, 1.82) is 0 Å². The zero-order valence-electron chi connectivity index (χ0n) is 11.3. The fourth-order valence-electron chi connectivity index (χ4n) is 1.58. The van der Waals surface area contributed by atoms with Crippen molar-refractivity contribution in [2.75, 3.05) is 27.9 Å². The molecule has 0 fully saturated rings. The quantitative estimate of drug-likeness (QED) is 0.721. The third kappa shape index (κ3) is 4.37. The molecule has 8 heteroatoms. The van der Waals surface area contributed by atoms with Crippen molar-refractivity contribution in [2.45, 2.75) is 10.9 Å². The zero-order valence-corrected chi connectivity index (χ0v) is 13.1. The number of sulfonamides is 1. The molecule has 19 heavy (non-hydrogen) atoms. The fourth-order valence-corrected chi connectivity index (χ4v) is 4.36. The lowest BCUT2D eigenvalue weighted by molar-refractivity contribution is 0.124. The van der Waals surface area contributed by atoms with Crippen LogP contribution >= 0.6 is 0 Å². The minimum absolute atomic E-state index is 0.193. The molecule has 0 spiro atoms. The molecule has 1 rings (SSSR count). The van der Waals surface area contributed by atoms with Crippen LogP contribution in [0.4, 0.5) is 0 Å². The van der Waals surface area contributed by atoms with E-state index in [0.717, 1.165) is 0 Å². The third-order valence-electron chi connectivity index (χ3n) is 2.71. The van der Waals surface area contributed by atoms with Crippen LogP contribution in [0.2, 0.25) is 6.04 Å². The van der Waals surface area contributed by atoms with Gasteiger partial charge in [0.1, 0.15) is 0 Å². The van der Waals surface area contributed by atoms with E-state index in [1.807, 2.05) is 0 Å². The molecule has 1 aromatic carbocycles. The molecule has 0 saturated heterocycles. The van der Waals surface area contributed by atoms with Crippen molar-refractivity contribution < 1.29 is 21.7 Å². The Kier molecular flexibility index (Phi) is 6.11. The summed E-state index contributed by atoms with van der Waals surface area (Å²) in [5.41, 5.74) is 0. The van der Waals surface area contributed by atoms with Gasteiger partial charge in [-0.2, -0.15) is 0 Å². The summed E-state index contributed by atoms with van der Waals surface area (Å²) in [7, 11) is -1.77. The van der Waals surface area contributed by atoms with E-state index in [4.69, 9.17) is 13.3 Å². The Bertz CT molecular complexity index is 467. The average molecular weight is 305 g/mol. The average Bonchev–Trinajstić information content (AvgIpc) is 2.45. The summed E-state index contributed by atoms with van der Waals surface area (Å²) in [6, 6.07) is 8.55. The maximum absolute atomic E-state index is 12.0. The van der Waals surface area contributed by atoms with Gasteiger partial charge in [0.15, 0.2) is 0 Å². The molecule has 0 aromatic heterocycles. The highest BCUT2D eigenvalue weighted by atomic mass is 32.2. The molecular formula is C11H19NO5SSi. The van der Waals surface area contributed by atoms with Crippen molar-refractivity contribution in [2.24, 2.45) is 0 Å². The van der Waals surface area contributed by atoms with E-state index >= 15 is 0 Å². The maximum atomic E-state index is 12.0. The van der Waals surface area contributed by atoms with E-state index in [1.165, 1.54) is 33.5 Å². The van der Waals surface area contributed by atoms with Gasteiger partial charge in [-0.05, 0) is 12.1 Å². The Balaban J connectivity index is 2.62. The Labute approximate surface area is 115 Å². The summed E-state index contributed by atoms with van der Waals surface area (Å²) >= 11 is 0. The van der Waals surface area contributed by atoms with Crippen LogP contribution in [-0.2, 0) is 23.3 Å². The van der Waals surface area contributed by atoms with Gasteiger partial charge < -0.3 is 13.3 Å². The zero-order chi connectivity index (χ0) is 14.4. The second-order valence-corrected chi connectivity index (χ2v) is 8.61. The topological polar surface area (TPSA) is 73.9 Å². The van der Waals surface area contributed by atoms with Crippen LogP contribution in [0.5, 0.6) is 0 Å². The molecule has 0 aliphatic heterocycles. The van der Waals surface area contributed by atoms with Gasteiger partial charge in [0.2, 0.25) is 10.0 Å². The molecule has 0 aliphatic carbocycles. The van der Waals surface area contributed by atoms with Crippen LogP contribution in [-0.4, -0.2) is 45.1 Å². The molecule has 1 N–H and O–H groups in total. The van der Waals surface area contributed by atoms with E-state index in [-0.39, 0.29) is 11.4 Å². The van der Waals surface area contributed by atoms with Gasteiger partial charge in [-0.15, -0.1) is 0 Å². The number of hydrogen-bond donors (Lipinski definition) is 1. The first-order valence-corrected chi connectivity index (χ1v) is 9.11. The normalized spacial score (nSPS) is 12.6. The molecular weight excluding hydrogens is 286 g/mol. The highest BCUT2D eigenvalue weighted by Gasteiger charge is 2.37. The summed E-state index contributed by atoms with van der Waals surface area (Å²) < 4.78 is 42.1. The highest BCUT2D eigenvalue weighted by Crippen LogP contribution is 2.13. The summed E-state index contributed by atoms with van der Waals surface area (Å²) in [4.78, 5) is 0.231. The monoisotopic (exact) mass is 305 g/mol. The predicted molar refractivity (Wildman–Crippen MR) is 73.2 cm³/mol. The van der Waals surface area contributed by atoms with Gasteiger partial charge in [-0.3, -0.25) is 0 Å². The molecule has 108 valence electrons. The van der Waals surface area contributed by atoms with E-state index in [1.54, 1.807) is 18.2 Å². The van der Waals surface area contributed by atoms with Crippen LogP contribution in [0.3, 0.4) is 0 Å². The van der Waals surface area contributed by atoms with Gasteiger partial charge in [-0.25, -0.2) is 13.1 Å². The summed E-state index contributed by atoms with van der Waals surface area (Å²) in [5, 5.41) is 0. The lowest BCUT2D eigenvalue weighted by Gasteiger charge is -2.24. The van der Waals surface area contributed by atoms with Gasteiger partial charge in [0, 0.05) is 33.9 Å². The van der Waals surface area contributed by atoms with E-state index in [0.29, 0.717) is 6.04 Å². The van der Waals surface area contributed by atoms with Crippen LogP contribution in [0.15, 0.2) is 35.2 Å². The maximum Gasteiger partial charge on any atom is 0.501 e. The Morgan fingerprint density at radius 1 is 1.05 bits per heavy atom. The van der Waals surface area contributed by atoms with E-state index in [2.05, 4.69) is 4.72 Å². The first-order valence-electron chi connectivity index (χ1n) is 5.70. The fraction of sp³-hybridized carbons (Fsp3) is 0.455. The first kappa shape index (κ1) is 16.3. The van der Waals surface area contributed by atoms with Crippen LogP contribution in [0.25, 0.3) is 0 Å². The SMILES string of the molecule is CO[Si](CCNS(=O)(=O)c1ccccc1)(OC)OC. The molecule has 0 saturated carbocycles. The third-order valence-corrected chi connectivity index (χ3v) is 6.92. The standard InChI is InChI=1S/C11H19NO5SSi/c1-15-19(16-2,17-3)10-9-12-18(13,14)11-7-5-4-6-8-11/h4-8,12H,9-10H2,1-3H3. The minimum atomic E-state index is -3.50.